The molecule has 7 heteroatoms. The molecule has 2 aromatic carbocycles. The third-order valence-electron chi connectivity index (χ3n) is 3.49. The summed E-state index contributed by atoms with van der Waals surface area (Å²) >= 11 is 6.06. The van der Waals surface area contributed by atoms with Crippen molar-refractivity contribution >= 4 is 28.3 Å². The van der Waals surface area contributed by atoms with E-state index in [0.29, 0.717) is 11.6 Å². The number of ether oxygens (including phenoxy) is 2. The van der Waals surface area contributed by atoms with Crippen LogP contribution < -0.4 is 66.2 Å². The second-order valence-corrected chi connectivity index (χ2v) is 5.36. The van der Waals surface area contributed by atoms with Gasteiger partial charge in [-0.15, -0.1) is 0 Å². The van der Waals surface area contributed by atoms with Crippen LogP contribution in [0.4, 0.5) is 5.82 Å². The molecule has 1 N–H and O–H groups in total. The maximum absolute atomic E-state index is 6.06. The van der Waals surface area contributed by atoms with Gasteiger partial charge in [0.05, 0.1) is 5.52 Å². The van der Waals surface area contributed by atoms with Crippen molar-refractivity contribution in [2.45, 2.75) is 6.54 Å². The van der Waals surface area contributed by atoms with Gasteiger partial charge in [-0.1, -0.05) is 17.7 Å². The monoisotopic (exact) mass is 353 g/mol. The topological polar surface area (TPSA) is 56.3 Å². The molecule has 0 bridgehead atoms. The fourth-order valence-electron chi connectivity index (χ4n) is 2.41. The molecule has 5 nitrogen and oxygen atoms in total. The smallest absolute Gasteiger partial charge is 1.00 e. The van der Waals surface area contributed by atoms with Gasteiger partial charge in [-0.25, -0.2) is 9.97 Å². The van der Waals surface area contributed by atoms with Crippen molar-refractivity contribution < 1.29 is 62.3 Å². The number of fused-ring (bicyclic) bond motifs is 2. The van der Waals surface area contributed by atoms with Crippen molar-refractivity contribution in [3.63, 3.8) is 0 Å². The summed E-state index contributed by atoms with van der Waals surface area (Å²) in [5, 5.41) is 4.88. The Balaban J connectivity index is 0.00000104. The number of hydrogen-bond acceptors (Lipinski definition) is 5. The van der Waals surface area contributed by atoms with Crippen molar-refractivity contribution in [2.24, 2.45) is 0 Å². The van der Waals surface area contributed by atoms with Gasteiger partial charge >= 0.3 is 51.4 Å². The first kappa shape index (κ1) is 16.9. The van der Waals surface area contributed by atoms with Crippen LogP contribution in [-0.2, 0) is 6.54 Å². The molecule has 0 unspecified atom stereocenters. The minimum atomic E-state index is 0. The zero-order valence-corrected chi connectivity index (χ0v) is 16.4. The molecule has 0 radical (unpaired) electrons. The number of halogens is 1. The summed E-state index contributed by atoms with van der Waals surface area (Å²) in [7, 11) is 0. The average molecular weight is 354 g/mol. The fourth-order valence-corrected chi connectivity index (χ4v) is 2.58. The minimum absolute atomic E-state index is 0. The summed E-state index contributed by atoms with van der Waals surface area (Å²) in [6, 6.07) is 11.4. The zero-order chi connectivity index (χ0) is 14.9. The summed E-state index contributed by atoms with van der Waals surface area (Å²) in [5.41, 5.74) is 1.94. The normalized spacial score (nSPS) is 12.0. The van der Waals surface area contributed by atoms with Gasteiger partial charge in [-0.2, -0.15) is 0 Å². The first-order valence-corrected chi connectivity index (χ1v) is 7.20. The van der Waals surface area contributed by atoms with E-state index in [1.807, 2.05) is 36.4 Å². The first-order valence-electron chi connectivity index (χ1n) is 6.82. The Kier molecular flexibility index (Phi) is 5.40. The molecule has 0 saturated carbocycles. The third-order valence-corrected chi connectivity index (χ3v) is 3.73. The molecule has 4 rings (SSSR count). The van der Waals surface area contributed by atoms with Gasteiger partial charge in [0.1, 0.15) is 12.1 Å². The number of nitrogens with one attached hydrogen (secondary N) is 1. The van der Waals surface area contributed by atoms with Crippen LogP contribution in [0.3, 0.4) is 0 Å². The Hall–Kier alpha value is -0.894. The van der Waals surface area contributed by atoms with E-state index in [0.717, 1.165) is 33.8 Å². The van der Waals surface area contributed by atoms with Crippen LogP contribution >= 0.6 is 11.6 Å². The van der Waals surface area contributed by atoms with E-state index < -0.39 is 0 Å². The summed E-state index contributed by atoms with van der Waals surface area (Å²) < 4.78 is 10.7. The van der Waals surface area contributed by atoms with Crippen LogP contribution in [0.2, 0.25) is 5.02 Å². The summed E-state index contributed by atoms with van der Waals surface area (Å²) in [6.07, 6.45) is 1.54. The molecule has 0 atom stereocenters. The molecule has 3 aromatic rings. The van der Waals surface area contributed by atoms with Crippen LogP contribution in [0.1, 0.15) is 6.99 Å². The zero-order valence-electron chi connectivity index (χ0n) is 13.5. The third kappa shape index (κ3) is 3.62. The van der Waals surface area contributed by atoms with Crippen molar-refractivity contribution in [1.29, 1.82) is 0 Å². The van der Waals surface area contributed by atoms with Crippen molar-refractivity contribution in [3.8, 4) is 11.5 Å². The standard InChI is InChI=1S/C16H12ClN3O2.K.H/c17-11-2-3-13-12(6-11)16(20-8-19-13)18-7-10-1-4-14-15(5-10)22-9-21-14;;/h1-6,8H,7,9H2,(H,18,19,20);;/q;+1;-1. The van der Waals surface area contributed by atoms with Gasteiger partial charge in [-0.05, 0) is 35.9 Å². The molecule has 0 spiro atoms. The summed E-state index contributed by atoms with van der Waals surface area (Å²) in [6.45, 7) is 0.899. The summed E-state index contributed by atoms with van der Waals surface area (Å²) in [4.78, 5) is 8.54. The van der Waals surface area contributed by atoms with Crippen molar-refractivity contribution in [2.75, 3.05) is 12.1 Å². The largest absolute Gasteiger partial charge is 1.00 e. The SMILES string of the molecule is Clc1ccc2ncnc(NCc3ccc4c(c3)OCO4)c2c1.[H-].[K+]. The van der Waals surface area contributed by atoms with E-state index in [4.69, 9.17) is 21.1 Å². The van der Waals surface area contributed by atoms with Gasteiger partial charge in [0.15, 0.2) is 11.5 Å². The van der Waals surface area contributed by atoms with Gasteiger partial charge in [0, 0.05) is 17.0 Å². The van der Waals surface area contributed by atoms with Gasteiger partial charge in [0.25, 0.3) is 0 Å². The molecular formula is C16H13ClKN3O2. The predicted molar refractivity (Wildman–Crippen MR) is 85.6 cm³/mol. The quantitative estimate of drug-likeness (QED) is 0.704. The van der Waals surface area contributed by atoms with Crippen molar-refractivity contribution in [1.82, 2.24) is 9.97 Å². The Morgan fingerprint density at radius 1 is 1.09 bits per heavy atom. The van der Waals surface area contributed by atoms with Crippen LogP contribution in [-0.4, -0.2) is 16.8 Å². The Bertz CT molecular complexity index is 866. The molecule has 1 aliphatic rings. The Morgan fingerprint density at radius 2 is 1.96 bits per heavy atom. The molecule has 0 amide bonds. The van der Waals surface area contributed by atoms with Crippen molar-refractivity contribution in [3.05, 3.63) is 53.3 Å². The molecule has 112 valence electrons. The Labute approximate surface area is 182 Å². The number of hydrogen-bond donors (Lipinski definition) is 1. The van der Waals surface area contributed by atoms with E-state index >= 15 is 0 Å². The summed E-state index contributed by atoms with van der Waals surface area (Å²) in [5.74, 6) is 2.31. The average Bonchev–Trinajstić information content (AvgIpc) is 3.00. The fraction of sp³-hybridized carbons (Fsp3) is 0.125. The molecule has 0 fully saturated rings. The molecule has 1 aromatic heterocycles. The van der Waals surface area contributed by atoms with Crippen LogP contribution in [0.25, 0.3) is 10.9 Å². The molecular weight excluding hydrogens is 341 g/mol. The minimum Gasteiger partial charge on any atom is -1.00 e. The molecule has 23 heavy (non-hydrogen) atoms. The van der Waals surface area contributed by atoms with E-state index in [1.54, 1.807) is 0 Å². The van der Waals surface area contributed by atoms with Crippen LogP contribution in [0, 0.1) is 0 Å². The maximum atomic E-state index is 6.06. The maximum Gasteiger partial charge on any atom is 1.00 e. The molecule has 1 aliphatic heterocycles. The molecule has 0 saturated heterocycles. The van der Waals surface area contributed by atoms with E-state index in [9.17, 15) is 0 Å². The number of rotatable bonds is 3. The van der Waals surface area contributed by atoms with E-state index in [1.165, 1.54) is 6.33 Å². The van der Waals surface area contributed by atoms with E-state index in [-0.39, 0.29) is 59.6 Å². The molecule has 0 aliphatic carbocycles. The first-order chi connectivity index (χ1) is 10.8. The second kappa shape index (κ2) is 7.34. The Morgan fingerprint density at radius 3 is 2.87 bits per heavy atom. The molecule has 2 heterocycles. The number of anilines is 1. The number of benzene rings is 2. The predicted octanol–water partition coefficient (Wildman–Crippen LogP) is 0.740. The second-order valence-electron chi connectivity index (χ2n) is 4.92. The van der Waals surface area contributed by atoms with Crippen LogP contribution in [0.5, 0.6) is 11.5 Å². The van der Waals surface area contributed by atoms with Gasteiger partial charge < -0.3 is 16.2 Å². The number of aromatic nitrogens is 2. The van der Waals surface area contributed by atoms with E-state index in [2.05, 4.69) is 15.3 Å². The van der Waals surface area contributed by atoms with Crippen LogP contribution in [0.15, 0.2) is 42.7 Å². The van der Waals surface area contributed by atoms with Gasteiger partial charge in [0.2, 0.25) is 6.79 Å². The van der Waals surface area contributed by atoms with Gasteiger partial charge in [-0.3, -0.25) is 0 Å². The number of nitrogens with zero attached hydrogens (tertiary/aromatic N) is 2.